The van der Waals surface area contributed by atoms with Crippen molar-refractivity contribution in [1.29, 1.82) is 0 Å². The zero-order valence-corrected chi connectivity index (χ0v) is 79.3. The highest BCUT2D eigenvalue weighted by atomic mass is 16.3. The third kappa shape index (κ3) is 28.4. The Morgan fingerprint density at radius 2 is 0.669 bits per heavy atom. The highest BCUT2D eigenvalue weighted by Gasteiger charge is 2.57. The largest absolute Gasteiger partial charge is 0.554 e. The third-order valence-electron chi connectivity index (χ3n) is 29.0. The number of nitrogens with one attached hydrogen (secondary N) is 7. The van der Waals surface area contributed by atoms with Gasteiger partial charge in [-0.15, -0.1) is 0 Å². The van der Waals surface area contributed by atoms with Gasteiger partial charge in [0.15, 0.2) is 23.4 Å². The van der Waals surface area contributed by atoms with Crippen LogP contribution in [0.5, 0.6) is 0 Å². The lowest BCUT2D eigenvalue weighted by Gasteiger charge is -2.37. The van der Waals surface area contributed by atoms with Gasteiger partial charge < -0.3 is 84.8 Å². The van der Waals surface area contributed by atoms with Crippen LogP contribution in [0.4, 0.5) is 9.59 Å². The van der Waals surface area contributed by atoms with E-state index in [2.05, 4.69) is 47.9 Å². The van der Waals surface area contributed by atoms with Gasteiger partial charge in [0.1, 0.15) is 36.3 Å². The number of carboxylic acid groups (broad SMARTS) is 1. The van der Waals surface area contributed by atoms with E-state index in [-0.39, 0.29) is 132 Å². The van der Waals surface area contributed by atoms with Crippen LogP contribution in [0.25, 0.3) is 0 Å². The Morgan fingerprint density at radius 1 is 0.400 bits per heavy atom. The van der Waals surface area contributed by atoms with Crippen LogP contribution in [-0.4, -0.2) is 228 Å². The average Bonchev–Trinajstić information content (AvgIpc) is 1.62. The maximum Gasteiger partial charge on any atom is 0.316 e. The molecule has 3 saturated heterocycles. The lowest BCUT2D eigenvalue weighted by molar-refractivity contribution is -0.428. The summed E-state index contributed by atoms with van der Waals surface area (Å²) in [6, 6.07) is -10.5. The Balaban J connectivity index is 0.000000248. The van der Waals surface area contributed by atoms with Gasteiger partial charge in [0.2, 0.25) is 53.0 Å². The number of likely N-dealkylation sites (tertiary alicyclic amines) is 3. The minimum Gasteiger partial charge on any atom is -0.554 e. The van der Waals surface area contributed by atoms with Crippen molar-refractivity contribution in [3.8, 4) is 0 Å². The number of Topliss-reactive ketones (excluding diaryl/α,β-unsaturated/α-hetero) is 6. The van der Waals surface area contributed by atoms with E-state index in [1.165, 1.54) is 6.08 Å². The lowest BCUT2D eigenvalue weighted by atomic mass is 9.80. The van der Waals surface area contributed by atoms with Crippen LogP contribution < -0.4 is 65.3 Å². The molecule has 0 spiro atoms. The fourth-order valence-electron chi connectivity index (χ4n) is 20.2. The van der Waals surface area contributed by atoms with Gasteiger partial charge in [-0.1, -0.05) is 181 Å². The van der Waals surface area contributed by atoms with E-state index >= 15 is 0 Å². The highest BCUT2D eigenvalue weighted by molar-refractivity contribution is 6.39. The third-order valence-corrected chi connectivity index (χ3v) is 29.0. The smallest absolute Gasteiger partial charge is 0.316 e. The number of aliphatic imine (C=N–C) groups is 1. The SMILES string of the molecule is CC(C)(C)[C@H]([NH3+])C(=O)N1C[C@@H]2CCC[C@@H]2[C@H]1C(=O)NC(CC1CCC1)C(=O)C(N)=O.CC(C)[C@H](N=C=O)C(=O)C1CC1.CC(C)[C@H](NC(=O)N[C@H](C(=O)N1C[C@@H]2CCC[C@@H]2[C@H]1C(=O)NC(CC1CCC1)C(=O)C(N)=O)C(C)(C)C)C(=O)C1CC1.CC(C)[C@H](NC(=O)N[C@H](C(=O)N1C[C@@H]2CCC[C@@H]2[C@H]1C(=O)NC(CC1CCC1)C(=O)C(N)=O)C(C)(C)C)C(=O)C1CC1.O=C[O-].[B]. The lowest BCUT2D eigenvalue weighted by Crippen LogP contribution is -2.73. The summed E-state index contributed by atoms with van der Waals surface area (Å²) in [5.41, 5.74) is 18.2. The number of hydrogen-bond donors (Lipinski definition) is 11. The molecule has 13 amide bonds. The molecule has 3 unspecified atom stereocenters. The van der Waals surface area contributed by atoms with Crippen molar-refractivity contribution in [3.63, 3.8) is 0 Å². The molecule has 12 fully saturated rings. The van der Waals surface area contributed by atoms with Crippen molar-refractivity contribution in [2.75, 3.05) is 19.6 Å². The molecule has 130 heavy (non-hydrogen) atoms. The standard InChI is InChI=1S/2C31H49N5O6.C22H36N4O4.C9H13NO2.CH2O2.B/c2*1-16(2)22(24(37)18-12-13-18)34-30(42)35-26(31(3,4)5)29(41)36-15-19-10-7-11-20(19)23(36)28(40)33-21(25(38)27(32)39)14-17-8-6-9-17;1-22(2,3)18(23)21(30)26-11-13-8-5-9-14(13)16(26)20(29)25-15(17(27)19(24)28)10-12-6-4-7-12;1-6(2)8(10-5-11)9(12)7-3-4-7;2-1-3;/h2*16-23,26H,6-15H2,1-5H3,(H2,32,39)(H,33,40)(H2,34,35,42);12-16,18H,4-11,23H2,1-3H3,(H2,24,28)(H,25,29);6-8H,3-4H2,1-2H3;1H,(H,2,3);/t2*19-,20-,21?,22-,23-,26+;13-,14-,15?,16-,18+;8-;;/m0000../s1. The van der Waals surface area contributed by atoms with Crippen molar-refractivity contribution < 1.29 is 102 Å². The fourth-order valence-corrected chi connectivity index (χ4v) is 20.2. The molecule has 0 aromatic heterocycles. The van der Waals surface area contributed by atoms with Crippen molar-refractivity contribution in [2.45, 2.75) is 350 Å². The minimum absolute atomic E-state index is 0. The van der Waals surface area contributed by atoms with Crippen LogP contribution in [-0.2, 0) is 81.5 Å². The summed E-state index contributed by atoms with van der Waals surface area (Å²) in [4.78, 5) is 246. The molecule has 0 aromatic carbocycles. The number of carbonyl (C=O) groups excluding carboxylic acids is 19. The van der Waals surface area contributed by atoms with E-state index in [4.69, 9.17) is 27.1 Å². The number of ketones is 6. The monoisotopic (exact) mass is 1820 g/mol. The summed E-state index contributed by atoms with van der Waals surface area (Å²) in [7, 11) is 0. The minimum atomic E-state index is -1.08. The number of fused-ring (bicyclic) bond motifs is 3. The molecule has 16 N–H and O–H groups in total. The second kappa shape index (κ2) is 46.8. The zero-order valence-electron chi connectivity index (χ0n) is 79.3. The van der Waals surface area contributed by atoms with Crippen molar-refractivity contribution in [3.05, 3.63) is 0 Å². The van der Waals surface area contributed by atoms with E-state index < -0.39 is 149 Å². The topological polar surface area (TPSA) is 559 Å². The molecule has 36 heteroatoms. The van der Waals surface area contributed by atoms with E-state index in [1.54, 1.807) is 14.7 Å². The van der Waals surface area contributed by atoms with E-state index in [0.717, 1.165) is 154 Å². The molecule has 9 saturated carbocycles. The van der Waals surface area contributed by atoms with E-state index in [9.17, 15) is 86.3 Å². The first-order chi connectivity index (χ1) is 60.4. The van der Waals surface area contributed by atoms with Crippen molar-refractivity contribution in [2.24, 2.45) is 127 Å². The molecule has 3 aliphatic heterocycles. The summed E-state index contributed by atoms with van der Waals surface area (Å²) in [6.45, 7) is 29.1. The molecule has 18 atom stereocenters. The normalized spacial score (nSPS) is 25.2. The van der Waals surface area contributed by atoms with Crippen LogP contribution in [0.1, 0.15) is 277 Å². The number of hydrogen-bond acceptors (Lipinski definition) is 21. The number of primary amides is 3. The number of rotatable bonds is 35. The molecular formula is C94H149BN15O20. The van der Waals surface area contributed by atoms with Gasteiger partial charge in [-0.3, -0.25) is 71.9 Å². The summed E-state index contributed by atoms with van der Waals surface area (Å²) < 4.78 is 0. The van der Waals surface area contributed by atoms with Crippen LogP contribution in [0, 0.1) is 105 Å². The van der Waals surface area contributed by atoms with Crippen molar-refractivity contribution in [1.82, 2.24) is 51.9 Å². The van der Waals surface area contributed by atoms with Gasteiger partial charge >= 0.3 is 12.1 Å². The van der Waals surface area contributed by atoms with E-state index in [1.807, 2.05) is 104 Å². The Hall–Kier alpha value is -9.34. The maximum absolute atomic E-state index is 14.2. The van der Waals surface area contributed by atoms with Crippen LogP contribution in [0.3, 0.4) is 0 Å². The molecule has 35 nitrogen and oxygen atoms in total. The molecule has 0 aromatic rings. The summed E-state index contributed by atoms with van der Waals surface area (Å²) in [5, 5.41) is 27.9. The summed E-state index contributed by atoms with van der Waals surface area (Å²) in [6.07, 6.45) is 24.9. The van der Waals surface area contributed by atoms with E-state index in [0.29, 0.717) is 50.7 Å². The first-order valence-corrected chi connectivity index (χ1v) is 47.5. The number of quaternary nitrogens is 1. The van der Waals surface area contributed by atoms with Gasteiger partial charge in [-0.2, -0.15) is 4.99 Å². The number of urea groups is 2. The Labute approximate surface area is 767 Å². The van der Waals surface area contributed by atoms with Crippen LogP contribution >= 0.6 is 0 Å². The Bertz CT molecular complexity index is 3980. The molecule has 3 radical (unpaired) electrons. The van der Waals surface area contributed by atoms with Gasteiger partial charge in [0.05, 0.1) is 30.2 Å². The Morgan fingerprint density at radius 3 is 0.892 bits per heavy atom. The Kier molecular flexibility index (Phi) is 38.8. The molecule has 723 valence electrons. The van der Waals surface area contributed by atoms with Gasteiger partial charge in [0, 0.05) is 57.7 Å². The fraction of sp³-hybridized carbons (Fsp3) is 0.798. The van der Waals surface area contributed by atoms with Gasteiger partial charge in [-0.25, -0.2) is 14.4 Å². The first kappa shape index (κ1) is 108. The van der Waals surface area contributed by atoms with Gasteiger partial charge in [0.25, 0.3) is 23.6 Å². The molecule has 3 heterocycles. The second-order valence-corrected chi connectivity index (χ2v) is 43.1. The number of nitrogens with zero attached hydrogens (tertiary/aromatic N) is 4. The number of carbonyl (C=O) groups is 18. The molecule has 9 aliphatic carbocycles. The zero-order chi connectivity index (χ0) is 95.9. The van der Waals surface area contributed by atoms with Crippen LogP contribution in [0.2, 0.25) is 0 Å². The van der Waals surface area contributed by atoms with Crippen molar-refractivity contribution >= 4 is 121 Å². The quantitative estimate of drug-likeness (QED) is 0.0142. The number of isocyanates is 1. The molecular weight excluding hydrogens is 1670 g/mol. The number of amides is 13. The predicted molar refractivity (Wildman–Crippen MR) is 478 cm³/mol. The highest BCUT2D eigenvalue weighted by Crippen LogP contribution is 2.48. The summed E-state index contributed by atoms with van der Waals surface area (Å²) in [5.74, 6) is -6.16. The predicted octanol–water partition coefficient (Wildman–Crippen LogP) is 3.43. The van der Waals surface area contributed by atoms with Gasteiger partial charge in [-0.05, 0) is 178 Å². The average molecular weight is 1820 g/mol. The van der Waals surface area contributed by atoms with Crippen LogP contribution in [0.15, 0.2) is 4.99 Å². The molecule has 0 bridgehead atoms. The molecule has 12 rings (SSSR count). The maximum atomic E-state index is 14.2. The summed E-state index contributed by atoms with van der Waals surface area (Å²) >= 11 is 0. The second-order valence-electron chi connectivity index (χ2n) is 43.1. The number of nitrogens with two attached hydrogens (primary N) is 3. The molecule has 12 aliphatic rings. The first-order valence-electron chi connectivity index (χ1n) is 47.5.